The van der Waals surface area contributed by atoms with E-state index >= 15 is 0 Å². The van der Waals surface area contributed by atoms with Crippen LogP contribution in [0.2, 0.25) is 0 Å². The van der Waals surface area contributed by atoms with Crippen LogP contribution in [0.1, 0.15) is 34.1 Å². The van der Waals surface area contributed by atoms with Gasteiger partial charge >= 0.3 is 5.97 Å². The van der Waals surface area contributed by atoms with Crippen molar-refractivity contribution in [3.05, 3.63) is 12.2 Å². The standard InChI is InChI=1S/C9H16O3/c1-6-9(4,5)12-11-8(10)7(2)3/h2,6H2,1,3-5H3. The van der Waals surface area contributed by atoms with Crippen molar-refractivity contribution in [3.8, 4) is 0 Å². The molecule has 0 atom stereocenters. The van der Waals surface area contributed by atoms with E-state index in [1.165, 1.54) is 0 Å². The van der Waals surface area contributed by atoms with Gasteiger partial charge in [0, 0.05) is 5.57 Å². The van der Waals surface area contributed by atoms with Gasteiger partial charge in [-0.15, -0.1) is 0 Å². The fourth-order valence-electron chi connectivity index (χ4n) is 0.281. The van der Waals surface area contributed by atoms with E-state index in [1.807, 2.05) is 20.8 Å². The van der Waals surface area contributed by atoms with Crippen LogP contribution in [0.3, 0.4) is 0 Å². The van der Waals surface area contributed by atoms with E-state index in [9.17, 15) is 4.79 Å². The molecule has 0 unspecified atom stereocenters. The summed E-state index contributed by atoms with van der Waals surface area (Å²) in [6.45, 7) is 10.6. The predicted molar refractivity (Wildman–Crippen MR) is 46.4 cm³/mol. The maximum Gasteiger partial charge on any atom is 0.368 e. The normalized spacial score (nSPS) is 11.0. The molecule has 0 heterocycles. The molecule has 0 saturated heterocycles. The molecule has 0 aliphatic heterocycles. The van der Waals surface area contributed by atoms with Crippen molar-refractivity contribution in [2.24, 2.45) is 0 Å². The molecule has 0 fully saturated rings. The van der Waals surface area contributed by atoms with Crippen molar-refractivity contribution >= 4 is 5.97 Å². The van der Waals surface area contributed by atoms with Gasteiger partial charge in [-0.2, -0.15) is 4.89 Å². The van der Waals surface area contributed by atoms with E-state index in [0.717, 1.165) is 6.42 Å². The lowest BCUT2D eigenvalue weighted by Crippen LogP contribution is -2.25. The Kier molecular flexibility index (Phi) is 3.96. The van der Waals surface area contributed by atoms with Crippen molar-refractivity contribution in [1.29, 1.82) is 0 Å². The van der Waals surface area contributed by atoms with Gasteiger partial charge in [0.1, 0.15) is 5.60 Å². The summed E-state index contributed by atoms with van der Waals surface area (Å²) >= 11 is 0. The first kappa shape index (κ1) is 11.2. The van der Waals surface area contributed by atoms with Crippen LogP contribution >= 0.6 is 0 Å². The molecule has 3 nitrogen and oxygen atoms in total. The predicted octanol–water partition coefficient (Wildman–Crippen LogP) is 2.23. The van der Waals surface area contributed by atoms with Crippen LogP contribution in [0.4, 0.5) is 0 Å². The summed E-state index contributed by atoms with van der Waals surface area (Å²) in [5.41, 5.74) is -0.0904. The lowest BCUT2D eigenvalue weighted by molar-refractivity contribution is -0.322. The first-order chi connectivity index (χ1) is 5.39. The van der Waals surface area contributed by atoms with Crippen LogP contribution in [0, 0.1) is 0 Å². The van der Waals surface area contributed by atoms with Crippen molar-refractivity contribution in [3.63, 3.8) is 0 Å². The van der Waals surface area contributed by atoms with E-state index in [1.54, 1.807) is 6.92 Å². The molecule has 0 spiro atoms. The van der Waals surface area contributed by atoms with Gasteiger partial charge < -0.3 is 0 Å². The Morgan fingerprint density at radius 1 is 1.50 bits per heavy atom. The molecule has 0 aromatic carbocycles. The van der Waals surface area contributed by atoms with E-state index in [2.05, 4.69) is 11.5 Å². The van der Waals surface area contributed by atoms with Gasteiger partial charge in [0.05, 0.1) is 0 Å². The molecule has 0 aromatic heterocycles. The van der Waals surface area contributed by atoms with Gasteiger partial charge in [-0.3, -0.25) is 4.89 Å². The highest BCUT2D eigenvalue weighted by atomic mass is 17.2. The minimum atomic E-state index is -0.517. The molecule has 0 radical (unpaired) electrons. The van der Waals surface area contributed by atoms with Crippen LogP contribution in [-0.4, -0.2) is 11.6 Å². The van der Waals surface area contributed by atoms with Crippen molar-refractivity contribution in [2.45, 2.75) is 39.7 Å². The monoisotopic (exact) mass is 172 g/mol. The molecule has 0 bridgehead atoms. The smallest absolute Gasteiger partial charge is 0.293 e. The van der Waals surface area contributed by atoms with Crippen molar-refractivity contribution in [1.82, 2.24) is 0 Å². The molecule has 0 aromatic rings. The van der Waals surface area contributed by atoms with E-state index in [0.29, 0.717) is 5.57 Å². The maximum atomic E-state index is 10.9. The van der Waals surface area contributed by atoms with Crippen LogP contribution in [0.15, 0.2) is 12.2 Å². The first-order valence-corrected chi connectivity index (χ1v) is 3.94. The second kappa shape index (κ2) is 4.26. The average Bonchev–Trinajstić information content (AvgIpc) is 2.00. The molecule has 3 heteroatoms. The number of hydrogen-bond donors (Lipinski definition) is 0. The van der Waals surface area contributed by atoms with Gasteiger partial charge in [0.2, 0.25) is 0 Å². The molecule has 70 valence electrons. The number of rotatable bonds is 4. The Bertz CT molecular complexity index is 182. The van der Waals surface area contributed by atoms with Crippen LogP contribution in [-0.2, 0) is 14.6 Å². The molecule has 0 aliphatic carbocycles. The molecule has 0 rings (SSSR count). The molecular formula is C9H16O3. The molecule has 12 heavy (non-hydrogen) atoms. The van der Waals surface area contributed by atoms with E-state index < -0.39 is 11.6 Å². The zero-order valence-electron chi connectivity index (χ0n) is 8.14. The third-order valence-electron chi connectivity index (χ3n) is 1.54. The Labute approximate surface area is 73.3 Å². The summed E-state index contributed by atoms with van der Waals surface area (Å²) in [6, 6.07) is 0. The fourth-order valence-corrected chi connectivity index (χ4v) is 0.281. The van der Waals surface area contributed by atoms with Gasteiger partial charge in [0.15, 0.2) is 0 Å². The minimum Gasteiger partial charge on any atom is -0.293 e. The zero-order valence-corrected chi connectivity index (χ0v) is 8.14. The summed E-state index contributed by atoms with van der Waals surface area (Å²) in [7, 11) is 0. The molecule has 0 amide bonds. The Balaban J connectivity index is 3.83. The third-order valence-corrected chi connectivity index (χ3v) is 1.54. The average molecular weight is 172 g/mol. The largest absolute Gasteiger partial charge is 0.368 e. The van der Waals surface area contributed by atoms with Crippen molar-refractivity contribution in [2.75, 3.05) is 0 Å². The molecule has 0 aliphatic rings. The van der Waals surface area contributed by atoms with Crippen LogP contribution in [0.25, 0.3) is 0 Å². The second-order valence-electron chi connectivity index (χ2n) is 3.35. The Morgan fingerprint density at radius 3 is 2.33 bits per heavy atom. The van der Waals surface area contributed by atoms with Crippen LogP contribution < -0.4 is 0 Å². The summed E-state index contributed by atoms with van der Waals surface area (Å²) in [4.78, 5) is 20.3. The molecule has 0 N–H and O–H groups in total. The third kappa shape index (κ3) is 4.13. The highest BCUT2D eigenvalue weighted by Gasteiger charge is 2.19. The summed E-state index contributed by atoms with van der Waals surface area (Å²) in [6.07, 6.45) is 0.774. The summed E-state index contributed by atoms with van der Waals surface area (Å²) < 4.78 is 0. The highest BCUT2D eigenvalue weighted by molar-refractivity contribution is 5.86. The van der Waals surface area contributed by atoms with Gasteiger partial charge in [0.25, 0.3) is 0 Å². The lowest BCUT2D eigenvalue weighted by atomic mass is 10.1. The number of carbonyl (C=O) groups is 1. The first-order valence-electron chi connectivity index (χ1n) is 3.94. The van der Waals surface area contributed by atoms with Gasteiger partial charge in [-0.1, -0.05) is 13.5 Å². The lowest BCUT2D eigenvalue weighted by Gasteiger charge is -2.20. The van der Waals surface area contributed by atoms with Crippen molar-refractivity contribution < 1.29 is 14.6 Å². The highest BCUT2D eigenvalue weighted by Crippen LogP contribution is 2.14. The number of carbonyl (C=O) groups excluding carboxylic acids is 1. The van der Waals surface area contributed by atoms with Gasteiger partial charge in [-0.05, 0) is 27.2 Å². The van der Waals surface area contributed by atoms with Gasteiger partial charge in [-0.25, -0.2) is 4.79 Å². The number of hydrogen-bond acceptors (Lipinski definition) is 3. The van der Waals surface area contributed by atoms with E-state index in [-0.39, 0.29) is 0 Å². The fraction of sp³-hybridized carbons (Fsp3) is 0.667. The Morgan fingerprint density at radius 2 is 2.00 bits per heavy atom. The quantitative estimate of drug-likeness (QED) is 0.370. The maximum absolute atomic E-state index is 10.9. The summed E-state index contributed by atoms with van der Waals surface area (Å²) in [5.74, 6) is -0.517. The minimum absolute atomic E-state index is 0.335. The summed E-state index contributed by atoms with van der Waals surface area (Å²) in [5, 5.41) is 0. The SMILES string of the molecule is C=C(C)C(=O)OOC(C)(C)CC. The molecular weight excluding hydrogens is 156 g/mol. The molecule has 0 saturated carbocycles. The Hall–Kier alpha value is -0.830. The topological polar surface area (TPSA) is 35.5 Å². The van der Waals surface area contributed by atoms with E-state index in [4.69, 9.17) is 4.89 Å². The second-order valence-corrected chi connectivity index (χ2v) is 3.35. The zero-order chi connectivity index (χ0) is 9.78. The van der Waals surface area contributed by atoms with Crippen LogP contribution in [0.5, 0.6) is 0 Å².